The van der Waals surface area contributed by atoms with Gasteiger partial charge in [0.15, 0.2) is 0 Å². The molecule has 0 amide bonds. The van der Waals surface area contributed by atoms with Gasteiger partial charge >= 0.3 is 4.87 Å². The first kappa shape index (κ1) is 23.4. The predicted molar refractivity (Wildman–Crippen MR) is 135 cm³/mol. The highest BCUT2D eigenvalue weighted by Crippen LogP contribution is 2.23. The molecule has 0 bridgehead atoms. The third kappa shape index (κ3) is 5.06. The van der Waals surface area contributed by atoms with E-state index in [0.29, 0.717) is 27.6 Å². The summed E-state index contributed by atoms with van der Waals surface area (Å²) in [6.45, 7) is 2.16. The number of fused-ring (bicyclic) bond motifs is 1. The zero-order chi connectivity index (χ0) is 24.6. The van der Waals surface area contributed by atoms with E-state index in [4.69, 9.17) is 16.1 Å². The minimum atomic E-state index is -3.88. The van der Waals surface area contributed by atoms with Gasteiger partial charge in [-0.05, 0) is 48.9 Å². The first-order valence-corrected chi connectivity index (χ1v) is 13.2. The summed E-state index contributed by atoms with van der Waals surface area (Å²) in [5.41, 5.74) is 3.41. The van der Waals surface area contributed by atoms with E-state index < -0.39 is 10.0 Å². The molecule has 5 rings (SSSR count). The summed E-state index contributed by atoms with van der Waals surface area (Å²) in [4.78, 5) is 16.7. The second kappa shape index (κ2) is 9.38. The Kier molecular flexibility index (Phi) is 6.28. The van der Waals surface area contributed by atoms with E-state index in [-0.39, 0.29) is 22.2 Å². The van der Waals surface area contributed by atoms with Crippen LogP contribution >= 0.6 is 22.9 Å². The Bertz CT molecular complexity index is 1690. The smallest absolute Gasteiger partial charge is 0.308 e. The molecule has 5 aromatic rings. The first-order valence-electron chi connectivity index (χ1n) is 10.6. The van der Waals surface area contributed by atoms with Crippen molar-refractivity contribution in [1.29, 1.82) is 0 Å². The Labute approximate surface area is 209 Å². The van der Waals surface area contributed by atoms with Crippen molar-refractivity contribution in [2.24, 2.45) is 0 Å². The molecular weight excluding hydrogens is 508 g/mol. The lowest BCUT2D eigenvalue weighted by atomic mass is 10.1. The number of sulfonamides is 1. The van der Waals surface area contributed by atoms with Crippen LogP contribution in [-0.4, -0.2) is 23.1 Å². The number of halogens is 1. The number of aryl methyl sites for hydroxylation is 1. The van der Waals surface area contributed by atoms with Crippen LogP contribution in [0.1, 0.15) is 17.0 Å². The summed E-state index contributed by atoms with van der Waals surface area (Å²) in [6.07, 6.45) is 0. The monoisotopic (exact) mass is 526 g/mol. The van der Waals surface area contributed by atoms with Gasteiger partial charge in [0.05, 0.1) is 28.2 Å². The van der Waals surface area contributed by atoms with E-state index in [9.17, 15) is 13.2 Å². The van der Waals surface area contributed by atoms with E-state index in [0.717, 1.165) is 28.0 Å². The predicted octanol–water partition coefficient (Wildman–Crippen LogP) is 4.60. The van der Waals surface area contributed by atoms with Gasteiger partial charge in [-0.25, -0.2) is 13.1 Å². The molecule has 0 aliphatic heterocycles. The Balaban J connectivity index is 1.34. The Hall–Kier alpha value is -3.31. The average Bonchev–Trinajstić information content (AvgIpc) is 3.43. The molecule has 0 atom stereocenters. The average molecular weight is 527 g/mol. The van der Waals surface area contributed by atoms with Crippen molar-refractivity contribution in [1.82, 2.24) is 19.4 Å². The van der Waals surface area contributed by atoms with E-state index >= 15 is 0 Å². The van der Waals surface area contributed by atoms with E-state index in [1.54, 1.807) is 22.8 Å². The summed E-state index contributed by atoms with van der Waals surface area (Å²) < 4.78 is 35.7. The number of hydrogen-bond donors (Lipinski definition) is 1. The van der Waals surface area contributed by atoms with Crippen LogP contribution in [0, 0.1) is 6.92 Å². The number of hydrogen-bond acceptors (Lipinski definition) is 7. The molecular formula is C24H19ClN4O4S2. The Morgan fingerprint density at radius 1 is 1.09 bits per heavy atom. The number of thiazole rings is 1. The molecule has 0 radical (unpaired) electrons. The normalized spacial score (nSPS) is 11.8. The van der Waals surface area contributed by atoms with Crippen LogP contribution in [0.4, 0.5) is 0 Å². The minimum absolute atomic E-state index is 0.0447. The zero-order valence-electron chi connectivity index (χ0n) is 18.4. The summed E-state index contributed by atoms with van der Waals surface area (Å²) in [7, 11) is -3.88. The molecule has 0 spiro atoms. The van der Waals surface area contributed by atoms with Crippen LogP contribution in [0.25, 0.3) is 21.6 Å². The van der Waals surface area contributed by atoms with Gasteiger partial charge in [-0.1, -0.05) is 64.0 Å². The maximum absolute atomic E-state index is 12.9. The molecule has 8 nitrogen and oxygen atoms in total. The Morgan fingerprint density at radius 2 is 1.89 bits per heavy atom. The third-order valence-electron chi connectivity index (χ3n) is 5.36. The lowest BCUT2D eigenvalue weighted by Gasteiger charge is -2.07. The maximum atomic E-state index is 12.9. The second-order valence-electron chi connectivity index (χ2n) is 7.92. The number of rotatable bonds is 7. The fourth-order valence-corrected chi connectivity index (χ4v) is 5.73. The number of benzene rings is 3. The number of nitrogens with zero attached hydrogens (tertiary/aromatic N) is 3. The summed E-state index contributed by atoms with van der Waals surface area (Å²) in [5, 5.41) is 4.55. The van der Waals surface area contributed by atoms with Gasteiger partial charge < -0.3 is 4.52 Å². The lowest BCUT2D eigenvalue weighted by molar-refractivity contribution is 0.376. The largest absolute Gasteiger partial charge is 0.338 e. The molecule has 0 aliphatic rings. The topological polar surface area (TPSA) is 107 Å². The molecule has 35 heavy (non-hydrogen) atoms. The SMILES string of the molecule is Cc1cccc(-c2noc(CNS(=O)(=O)c3ccc4c(c3)sc(=O)n4Cc3ccc(Cl)cc3)n2)c1. The van der Waals surface area contributed by atoms with Gasteiger partial charge in [0.1, 0.15) is 0 Å². The van der Waals surface area contributed by atoms with Gasteiger partial charge in [-0.15, -0.1) is 0 Å². The molecule has 3 aromatic carbocycles. The molecule has 178 valence electrons. The van der Waals surface area contributed by atoms with E-state index in [1.807, 2.05) is 43.3 Å². The van der Waals surface area contributed by atoms with Crippen LogP contribution < -0.4 is 9.60 Å². The highest BCUT2D eigenvalue weighted by molar-refractivity contribution is 7.89. The summed E-state index contributed by atoms with van der Waals surface area (Å²) in [5.74, 6) is 0.529. The summed E-state index contributed by atoms with van der Waals surface area (Å²) >= 11 is 6.93. The highest BCUT2D eigenvalue weighted by Gasteiger charge is 2.19. The standard InChI is InChI=1S/C24H19ClN4O4S2/c1-15-3-2-4-17(11-15)23-27-22(33-28-23)13-26-35(31,32)19-9-10-20-21(12-19)34-24(30)29(20)14-16-5-7-18(25)8-6-16/h2-12,26H,13-14H2,1H3. The quantitative estimate of drug-likeness (QED) is 0.332. The number of nitrogens with one attached hydrogen (secondary N) is 1. The minimum Gasteiger partial charge on any atom is -0.338 e. The van der Waals surface area contributed by atoms with Crippen LogP contribution in [0.5, 0.6) is 0 Å². The molecule has 0 aliphatic carbocycles. The third-order valence-corrected chi connectivity index (χ3v) is 7.95. The van der Waals surface area contributed by atoms with Crippen molar-refractivity contribution in [3.05, 3.63) is 98.4 Å². The number of aromatic nitrogens is 3. The molecule has 11 heteroatoms. The molecule has 2 aromatic heterocycles. The lowest BCUT2D eigenvalue weighted by Crippen LogP contribution is -2.23. The van der Waals surface area contributed by atoms with Crippen LogP contribution in [0.3, 0.4) is 0 Å². The highest BCUT2D eigenvalue weighted by atomic mass is 35.5. The molecule has 1 N–H and O–H groups in total. The molecule has 0 saturated heterocycles. The molecule has 0 unspecified atom stereocenters. The van der Waals surface area contributed by atoms with Gasteiger partial charge in [-0.3, -0.25) is 9.36 Å². The van der Waals surface area contributed by atoms with Gasteiger partial charge in [0, 0.05) is 10.6 Å². The second-order valence-corrected chi connectivity index (χ2v) is 11.1. The van der Waals surface area contributed by atoms with Crippen LogP contribution in [0.2, 0.25) is 5.02 Å². The first-order chi connectivity index (χ1) is 16.8. The fraction of sp³-hybridized carbons (Fsp3) is 0.125. The van der Waals surface area contributed by atoms with E-state index in [1.165, 1.54) is 12.1 Å². The fourth-order valence-electron chi connectivity index (χ4n) is 3.60. The van der Waals surface area contributed by atoms with Crippen molar-refractivity contribution in [2.45, 2.75) is 24.9 Å². The van der Waals surface area contributed by atoms with Crippen LogP contribution in [0.15, 0.2) is 80.9 Å². The van der Waals surface area contributed by atoms with Crippen LogP contribution in [-0.2, 0) is 23.1 Å². The summed E-state index contributed by atoms with van der Waals surface area (Å²) in [6, 6.07) is 19.4. The van der Waals surface area contributed by atoms with Crippen molar-refractivity contribution >= 4 is 43.2 Å². The van der Waals surface area contributed by atoms with Crippen molar-refractivity contribution in [3.63, 3.8) is 0 Å². The zero-order valence-corrected chi connectivity index (χ0v) is 20.8. The van der Waals surface area contributed by atoms with Crippen molar-refractivity contribution in [2.75, 3.05) is 0 Å². The van der Waals surface area contributed by atoms with Crippen molar-refractivity contribution in [3.8, 4) is 11.4 Å². The molecule has 0 fully saturated rings. The van der Waals surface area contributed by atoms with Crippen molar-refractivity contribution < 1.29 is 12.9 Å². The van der Waals surface area contributed by atoms with Gasteiger partial charge in [-0.2, -0.15) is 4.98 Å². The van der Waals surface area contributed by atoms with Gasteiger partial charge in [0.25, 0.3) is 0 Å². The molecule has 2 heterocycles. The van der Waals surface area contributed by atoms with Gasteiger partial charge in [0.2, 0.25) is 21.7 Å². The molecule has 0 saturated carbocycles. The maximum Gasteiger partial charge on any atom is 0.308 e. The Morgan fingerprint density at radius 3 is 2.66 bits per heavy atom. The van der Waals surface area contributed by atoms with E-state index in [2.05, 4.69) is 14.9 Å².